The lowest BCUT2D eigenvalue weighted by Crippen LogP contribution is -2.36. The average molecular weight is 303 g/mol. The smallest absolute Gasteiger partial charge is 0.310 e. The van der Waals surface area contributed by atoms with E-state index < -0.39 is 0 Å². The molecule has 6 heteroatoms. The lowest BCUT2D eigenvalue weighted by molar-refractivity contribution is -0.145. The highest BCUT2D eigenvalue weighted by Gasteiger charge is 2.33. The third kappa shape index (κ3) is 3.81. The fourth-order valence-corrected chi connectivity index (χ4v) is 3.01. The Kier molecular flexibility index (Phi) is 5.02. The third-order valence-corrected chi connectivity index (χ3v) is 3.80. The van der Waals surface area contributed by atoms with Crippen LogP contribution in [-0.2, 0) is 16.1 Å². The summed E-state index contributed by atoms with van der Waals surface area (Å²) >= 11 is 11.7. The van der Waals surface area contributed by atoms with Crippen LogP contribution >= 0.6 is 23.2 Å². The quantitative estimate of drug-likeness (QED) is 0.686. The third-order valence-electron chi connectivity index (χ3n) is 3.41. The van der Waals surface area contributed by atoms with Gasteiger partial charge in [0, 0.05) is 12.6 Å². The zero-order valence-electron chi connectivity index (χ0n) is 10.7. The maximum atomic E-state index is 11.6. The highest BCUT2D eigenvalue weighted by atomic mass is 35.5. The minimum atomic E-state index is -0.138. The van der Waals surface area contributed by atoms with Crippen LogP contribution in [0.1, 0.15) is 24.8 Å². The van der Waals surface area contributed by atoms with E-state index in [4.69, 9.17) is 27.9 Å². The Morgan fingerprint density at radius 1 is 1.42 bits per heavy atom. The Morgan fingerprint density at radius 2 is 2.11 bits per heavy atom. The predicted octanol–water partition coefficient (Wildman–Crippen LogP) is 2.82. The molecule has 1 N–H and O–H groups in total. The van der Waals surface area contributed by atoms with E-state index in [-0.39, 0.29) is 17.9 Å². The molecule has 0 amide bonds. The van der Waals surface area contributed by atoms with E-state index in [1.54, 1.807) is 12.1 Å². The molecule has 1 aliphatic rings. The van der Waals surface area contributed by atoms with Gasteiger partial charge >= 0.3 is 5.97 Å². The van der Waals surface area contributed by atoms with Gasteiger partial charge in [-0.15, -0.1) is 0 Å². The van der Waals surface area contributed by atoms with Crippen molar-refractivity contribution in [1.82, 2.24) is 10.3 Å². The van der Waals surface area contributed by atoms with Gasteiger partial charge in [-0.2, -0.15) is 0 Å². The summed E-state index contributed by atoms with van der Waals surface area (Å²) in [6.45, 7) is 0.611. The van der Waals surface area contributed by atoms with E-state index in [1.807, 2.05) is 0 Å². The van der Waals surface area contributed by atoms with Crippen LogP contribution in [0.5, 0.6) is 0 Å². The van der Waals surface area contributed by atoms with Gasteiger partial charge in [-0.25, -0.2) is 4.98 Å². The maximum absolute atomic E-state index is 11.6. The number of rotatable bonds is 4. The fourth-order valence-electron chi connectivity index (χ4n) is 2.50. The highest BCUT2D eigenvalue weighted by molar-refractivity contribution is 6.32. The molecule has 19 heavy (non-hydrogen) atoms. The van der Waals surface area contributed by atoms with Crippen LogP contribution in [0.4, 0.5) is 0 Å². The van der Waals surface area contributed by atoms with E-state index >= 15 is 0 Å². The first-order valence-corrected chi connectivity index (χ1v) is 6.99. The molecule has 0 saturated heterocycles. The number of pyridine rings is 1. The second-order valence-electron chi connectivity index (χ2n) is 4.67. The number of hydrogen-bond acceptors (Lipinski definition) is 4. The second-order valence-corrected chi connectivity index (χ2v) is 5.44. The topological polar surface area (TPSA) is 51.2 Å². The number of carbonyl (C=O) groups is 1. The van der Waals surface area contributed by atoms with E-state index in [0.717, 1.165) is 24.8 Å². The number of hydrogen-bond donors (Lipinski definition) is 1. The number of methoxy groups -OCH3 is 1. The van der Waals surface area contributed by atoms with Gasteiger partial charge in [0.15, 0.2) is 0 Å². The molecule has 0 radical (unpaired) electrons. The molecule has 2 rings (SSSR count). The Hall–Kier alpha value is -0.840. The van der Waals surface area contributed by atoms with Crippen molar-refractivity contribution in [1.29, 1.82) is 0 Å². The Labute approximate surface area is 122 Å². The van der Waals surface area contributed by atoms with Crippen molar-refractivity contribution < 1.29 is 9.53 Å². The first-order chi connectivity index (χ1) is 9.10. The molecule has 4 nitrogen and oxygen atoms in total. The summed E-state index contributed by atoms with van der Waals surface area (Å²) in [7, 11) is 1.43. The van der Waals surface area contributed by atoms with E-state index in [0.29, 0.717) is 16.9 Å². The first kappa shape index (κ1) is 14.6. The predicted molar refractivity (Wildman–Crippen MR) is 74.2 cm³/mol. The average Bonchev–Trinajstić information content (AvgIpc) is 2.82. The van der Waals surface area contributed by atoms with Gasteiger partial charge in [0.25, 0.3) is 0 Å². The molecular formula is C13H16Cl2N2O2. The van der Waals surface area contributed by atoms with Crippen LogP contribution in [0.25, 0.3) is 0 Å². The lowest BCUT2D eigenvalue weighted by Gasteiger charge is -2.19. The molecule has 0 spiro atoms. The van der Waals surface area contributed by atoms with Crippen LogP contribution in [0.15, 0.2) is 12.1 Å². The first-order valence-electron chi connectivity index (χ1n) is 6.23. The maximum Gasteiger partial charge on any atom is 0.310 e. The number of nitrogens with zero attached hydrogens (tertiary/aromatic N) is 1. The number of nitrogens with one attached hydrogen (secondary N) is 1. The summed E-state index contributed by atoms with van der Waals surface area (Å²) in [6.07, 6.45) is 2.89. The van der Waals surface area contributed by atoms with Crippen LogP contribution in [-0.4, -0.2) is 24.1 Å². The van der Waals surface area contributed by atoms with Gasteiger partial charge in [0.1, 0.15) is 10.3 Å². The van der Waals surface area contributed by atoms with E-state index in [9.17, 15) is 4.79 Å². The molecule has 1 saturated carbocycles. The molecule has 2 unspecified atom stereocenters. The molecule has 1 aromatic rings. The van der Waals surface area contributed by atoms with Gasteiger partial charge in [-0.05, 0) is 30.5 Å². The van der Waals surface area contributed by atoms with Crippen molar-refractivity contribution >= 4 is 29.2 Å². The largest absolute Gasteiger partial charge is 0.469 e. The van der Waals surface area contributed by atoms with Gasteiger partial charge in [0.05, 0.1) is 13.0 Å². The minimum absolute atomic E-state index is 0.0576. The van der Waals surface area contributed by atoms with E-state index in [1.165, 1.54) is 7.11 Å². The van der Waals surface area contributed by atoms with Gasteiger partial charge in [-0.3, -0.25) is 4.79 Å². The Bertz CT molecular complexity index is 448. The number of esters is 1. The number of carbonyl (C=O) groups excluding carboxylic acids is 1. The summed E-state index contributed by atoms with van der Waals surface area (Å²) in [5.74, 6) is -0.196. The van der Waals surface area contributed by atoms with Crippen LogP contribution in [0.2, 0.25) is 10.3 Å². The Morgan fingerprint density at radius 3 is 2.74 bits per heavy atom. The molecule has 0 bridgehead atoms. The monoisotopic (exact) mass is 302 g/mol. The molecule has 1 fully saturated rings. The zero-order chi connectivity index (χ0) is 13.8. The van der Waals surface area contributed by atoms with Crippen molar-refractivity contribution in [2.24, 2.45) is 5.92 Å². The van der Waals surface area contributed by atoms with Crippen molar-refractivity contribution in [2.75, 3.05) is 7.11 Å². The molecule has 2 atom stereocenters. The number of aromatic nitrogens is 1. The molecule has 1 aliphatic carbocycles. The normalized spacial score (nSPS) is 22.5. The van der Waals surface area contributed by atoms with Crippen molar-refractivity contribution in [3.8, 4) is 0 Å². The summed E-state index contributed by atoms with van der Waals surface area (Å²) in [6, 6.07) is 3.68. The van der Waals surface area contributed by atoms with E-state index in [2.05, 4.69) is 10.3 Å². The summed E-state index contributed by atoms with van der Waals surface area (Å²) in [5.41, 5.74) is 0.959. The minimum Gasteiger partial charge on any atom is -0.469 e. The van der Waals surface area contributed by atoms with Gasteiger partial charge < -0.3 is 10.1 Å². The molecule has 1 aromatic heterocycles. The molecule has 104 valence electrons. The van der Waals surface area contributed by atoms with Gasteiger partial charge in [0.2, 0.25) is 0 Å². The summed E-state index contributed by atoms with van der Waals surface area (Å²) in [4.78, 5) is 15.5. The molecule has 1 heterocycles. The standard InChI is InChI=1S/C13H16Cl2N2O2/c1-19-13(18)9-3-2-4-10(9)16-7-8-5-11(14)17-12(15)6-8/h5-6,9-10,16H,2-4,7H2,1H3. The number of halogens is 2. The zero-order valence-corrected chi connectivity index (χ0v) is 12.2. The lowest BCUT2D eigenvalue weighted by atomic mass is 10.0. The molecule has 0 aliphatic heterocycles. The van der Waals surface area contributed by atoms with Crippen molar-refractivity contribution in [2.45, 2.75) is 31.8 Å². The molecule has 0 aromatic carbocycles. The van der Waals surface area contributed by atoms with Crippen LogP contribution in [0, 0.1) is 5.92 Å². The van der Waals surface area contributed by atoms with Crippen molar-refractivity contribution in [3.05, 3.63) is 28.0 Å². The fraction of sp³-hybridized carbons (Fsp3) is 0.538. The van der Waals surface area contributed by atoms with Crippen LogP contribution in [0.3, 0.4) is 0 Å². The Balaban J connectivity index is 1.96. The SMILES string of the molecule is COC(=O)C1CCCC1NCc1cc(Cl)nc(Cl)c1. The number of ether oxygens (including phenoxy) is 1. The van der Waals surface area contributed by atoms with Crippen molar-refractivity contribution in [3.63, 3.8) is 0 Å². The summed E-state index contributed by atoms with van der Waals surface area (Å²) < 4.78 is 4.82. The highest BCUT2D eigenvalue weighted by Crippen LogP contribution is 2.27. The molecular weight excluding hydrogens is 287 g/mol. The second kappa shape index (κ2) is 6.55. The van der Waals surface area contributed by atoms with Crippen LogP contribution < -0.4 is 5.32 Å². The summed E-state index contributed by atoms with van der Waals surface area (Å²) in [5, 5.41) is 4.12. The van der Waals surface area contributed by atoms with Gasteiger partial charge in [-0.1, -0.05) is 29.6 Å².